The second-order valence-corrected chi connectivity index (χ2v) is 7.16. The molecule has 0 atom stereocenters. The summed E-state index contributed by atoms with van der Waals surface area (Å²) in [6.45, 7) is 2.95. The minimum atomic E-state index is -3.11. The number of likely N-dealkylation sites (tertiary alicyclic amines) is 1. The van der Waals surface area contributed by atoms with Crippen molar-refractivity contribution in [2.75, 3.05) is 26.5 Å². The van der Waals surface area contributed by atoms with Crippen molar-refractivity contribution in [3.63, 3.8) is 0 Å². The maximum atomic E-state index is 11.2. The summed E-state index contributed by atoms with van der Waals surface area (Å²) >= 11 is 0. The second kappa shape index (κ2) is 7.26. The van der Waals surface area contributed by atoms with E-state index in [4.69, 9.17) is 4.74 Å². The number of piperidine rings is 1. The van der Waals surface area contributed by atoms with Crippen molar-refractivity contribution < 1.29 is 13.2 Å². The van der Waals surface area contributed by atoms with Crippen LogP contribution in [0.1, 0.15) is 24.2 Å². The number of sulfonamides is 1. The molecule has 1 fully saturated rings. The van der Waals surface area contributed by atoms with Gasteiger partial charge >= 0.3 is 0 Å². The van der Waals surface area contributed by atoms with Gasteiger partial charge in [-0.15, -0.1) is 0 Å². The molecule has 0 spiro atoms. The Labute approximate surface area is 125 Å². The van der Waals surface area contributed by atoms with Crippen LogP contribution in [0.2, 0.25) is 0 Å². The van der Waals surface area contributed by atoms with Crippen molar-refractivity contribution in [3.8, 4) is 0 Å². The highest BCUT2D eigenvalue weighted by Gasteiger charge is 2.21. The topological polar surface area (TPSA) is 84.4 Å². The summed E-state index contributed by atoms with van der Waals surface area (Å²) in [4.78, 5) is 10.8. The first-order valence-corrected chi connectivity index (χ1v) is 8.84. The van der Waals surface area contributed by atoms with Crippen LogP contribution in [0.5, 0.6) is 0 Å². The van der Waals surface area contributed by atoms with E-state index in [-0.39, 0.29) is 6.04 Å². The van der Waals surface area contributed by atoms with Crippen LogP contribution in [-0.2, 0) is 27.9 Å². The van der Waals surface area contributed by atoms with E-state index < -0.39 is 10.0 Å². The molecule has 1 aromatic heterocycles. The van der Waals surface area contributed by atoms with Crippen molar-refractivity contribution in [2.45, 2.75) is 32.0 Å². The molecule has 7 nitrogen and oxygen atoms in total. The number of methoxy groups -OCH3 is 1. The Balaban J connectivity index is 1.80. The van der Waals surface area contributed by atoms with Crippen LogP contribution in [0.25, 0.3) is 0 Å². The van der Waals surface area contributed by atoms with E-state index in [0.29, 0.717) is 12.4 Å². The van der Waals surface area contributed by atoms with Crippen molar-refractivity contribution in [3.05, 3.63) is 23.8 Å². The Bertz CT molecular complexity index is 539. The van der Waals surface area contributed by atoms with Gasteiger partial charge in [-0.25, -0.2) is 23.1 Å². The zero-order valence-electron chi connectivity index (χ0n) is 12.4. The third-order valence-corrected chi connectivity index (χ3v) is 4.17. The molecule has 1 aliphatic heterocycles. The summed E-state index contributed by atoms with van der Waals surface area (Å²) < 4.78 is 30.1. The molecule has 0 radical (unpaired) electrons. The third-order valence-electron chi connectivity index (χ3n) is 3.41. The van der Waals surface area contributed by atoms with Gasteiger partial charge in [-0.2, -0.15) is 0 Å². The first-order valence-electron chi connectivity index (χ1n) is 6.94. The highest BCUT2D eigenvalue weighted by atomic mass is 32.2. The standard InChI is InChI=1S/C13H22N4O3S/c1-20-10-13-14-7-11(8-15-13)9-17-5-3-12(4-6-17)16-21(2,18)19/h7-8,12,16H,3-6,9-10H2,1-2H3. The minimum absolute atomic E-state index is 0.0524. The molecule has 21 heavy (non-hydrogen) atoms. The number of aromatic nitrogens is 2. The molecular weight excluding hydrogens is 292 g/mol. The summed E-state index contributed by atoms with van der Waals surface area (Å²) in [6, 6.07) is 0.0524. The minimum Gasteiger partial charge on any atom is -0.377 e. The quantitative estimate of drug-likeness (QED) is 0.804. The maximum Gasteiger partial charge on any atom is 0.208 e. The van der Waals surface area contributed by atoms with Crippen LogP contribution in [0.3, 0.4) is 0 Å². The van der Waals surface area contributed by atoms with Gasteiger partial charge in [0.15, 0.2) is 5.82 Å². The molecule has 2 rings (SSSR count). The highest BCUT2D eigenvalue weighted by molar-refractivity contribution is 7.88. The Morgan fingerprint density at radius 2 is 1.95 bits per heavy atom. The van der Waals surface area contributed by atoms with E-state index in [1.54, 1.807) is 7.11 Å². The van der Waals surface area contributed by atoms with Crippen LogP contribution in [0.15, 0.2) is 12.4 Å². The van der Waals surface area contributed by atoms with E-state index in [1.807, 2.05) is 12.4 Å². The number of hydrogen-bond donors (Lipinski definition) is 1. The first kappa shape index (κ1) is 16.3. The maximum absolute atomic E-state index is 11.2. The van der Waals surface area contributed by atoms with Crippen molar-refractivity contribution in [2.24, 2.45) is 0 Å². The lowest BCUT2D eigenvalue weighted by atomic mass is 10.1. The number of ether oxygens (including phenoxy) is 1. The summed E-state index contributed by atoms with van der Waals surface area (Å²) in [7, 11) is -1.49. The van der Waals surface area contributed by atoms with Crippen LogP contribution >= 0.6 is 0 Å². The first-order chi connectivity index (χ1) is 9.96. The zero-order valence-corrected chi connectivity index (χ0v) is 13.3. The molecule has 1 aliphatic rings. The lowest BCUT2D eigenvalue weighted by Crippen LogP contribution is -2.43. The van der Waals surface area contributed by atoms with Gasteiger partial charge in [-0.1, -0.05) is 0 Å². The Morgan fingerprint density at radius 3 is 2.48 bits per heavy atom. The van der Waals surface area contributed by atoms with Crippen LogP contribution in [0.4, 0.5) is 0 Å². The van der Waals surface area contributed by atoms with E-state index in [1.165, 1.54) is 6.26 Å². The molecular formula is C13H22N4O3S. The zero-order chi connectivity index (χ0) is 15.3. The third kappa shape index (κ3) is 5.66. The monoisotopic (exact) mass is 314 g/mol. The Morgan fingerprint density at radius 1 is 1.33 bits per heavy atom. The summed E-state index contributed by atoms with van der Waals surface area (Å²) in [6.07, 6.45) is 6.51. The van der Waals surface area contributed by atoms with E-state index in [9.17, 15) is 8.42 Å². The van der Waals surface area contributed by atoms with E-state index >= 15 is 0 Å². The average molecular weight is 314 g/mol. The molecule has 0 bridgehead atoms. The molecule has 0 aromatic carbocycles. The van der Waals surface area contributed by atoms with Crippen LogP contribution in [-0.4, -0.2) is 55.8 Å². The summed E-state index contributed by atoms with van der Waals surface area (Å²) in [5, 5.41) is 0. The molecule has 1 saturated heterocycles. The van der Waals surface area contributed by atoms with Gasteiger partial charge in [0, 0.05) is 50.7 Å². The van der Waals surface area contributed by atoms with Gasteiger partial charge in [-0.3, -0.25) is 4.90 Å². The van der Waals surface area contributed by atoms with Gasteiger partial charge in [-0.05, 0) is 12.8 Å². The van der Waals surface area contributed by atoms with Crippen molar-refractivity contribution >= 4 is 10.0 Å². The van der Waals surface area contributed by atoms with Gasteiger partial charge in [0.05, 0.1) is 6.26 Å². The molecule has 0 amide bonds. The fourth-order valence-electron chi connectivity index (χ4n) is 2.44. The number of hydrogen-bond acceptors (Lipinski definition) is 6. The van der Waals surface area contributed by atoms with E-state index in [2.05, 4.69) is 19.6 Å². The summed E-state index contributed by atoms with van der Waals surface area (Å²) in [5.74, 6) is 0.678. The molecule has 0 unspecified atom stereocenters. The van der Waals surface area contributed by atoms with Crippen LogP contribution in [0, 0.1) is 0 Å². The van der Waals surface area contributed by atoms with Crippen molar-refractivity contribution in [1.29, 1.82) is 0 Å². The second-order valence-electron chi connectivity index (χ2n) is 5.38. The average Bonchev–Trinajstić information content (AvgIpc) is 2.42. The van der Waals surface area contributed by atoms with Gasteiger partial charge in [0.1, 0.15) is 6.61 Å². The van der Waals surface area contributed by atoms with Gasteiger partial charge in [0.2, 0.25) is 10.0 Å². The Hall–Kier alpha value is -1.09. The molecule has 0 aliphatic carbocycles. The predicted octanol–water partition coefficient (Wildman–Crippen LogP) is 0.137. The number of rotatable bonds is 6. The largest absolute Gasteiger partial charge is 0.377 e. The fraction of sp³-hybridized carbons (Fsp3) is 0.692. The predicted molar refractivity (Wildman–Crippen MR) is 79.0 cm³/mol. The SMILES string of the molecule is COCc1ncc(CN2CCC(NS(C)(=O)=O)CC2)cn1. The van der Waals surface area contributed by atoms with E-state index in [0.717, 1.165) is 38.0 Å². The Kier molecular flexibility index (Phi) is 5.63. The number of nitrogens with zero attached hydrogens (tertiary/aromatic N) is 3. The van der Waals surface area contributed by atoms with Crippen molar-refractivity contribution in [1.82, 2.24) is 19.6 Å². The fourth-order valence-corrected chi connectivity index (χ4v) is 3.28. The van der Waals surface area contributed by atoms with Crippen LogP contribution < -0.4 is 4.72 Å². The molecule has 2 heterocycles. The van der Waals surface area contributed by atoms with Gasteiger partial charge in [0.25, 0.3) is 0 Å². The molecule has 1 aromatic rings. The summed E-state index contributed by atoms with van der Waals surface area (Å²) in [5.41, 5.74) is 1.06. The lowest BCUT2D eigenvalue weighted by Gasteiger charge is -2.31. The highest BCUT2D eigenvalue weighted by Crippen LogP contribution is 2.13. The number of nitrogens with one attached hydrogen (secondary N) is 1. The molecule has 8 heteroatoms. The molecule has 118 valence electrons. The molecule has 1 N–H and O–H groups in total. The lowest BCUT2D eigenvalue weighted by molar-refractivity contribution is 0.177. The normalized spacial score (nSPS) is 18.0. The van der Waals surface area contributed by atoms with Gasteiger partial charge < -0.3 is 4.74 Å². The smallest absolute Gasteiger partial charge is 0.208 e. The molecule has 0 saturated carbocycles.